The second-order valence-electron chi connectivity index (χ2n) is 6.34. The number of hydrogen-bond acceptors (Lipinski definition) is 3. The largest absolute Gasteiger partial charge is 0.832 e. The van der Waals surface area contributed by atoms with Gasteiger partial charge in [0, 0.05) is 48.5 Å². The van der Waals surface area contributed by atoms with Crippen LogP contribution in [0, 0.1) is 0 Å². The molecule has 0 radical (unpaired) electrons. The van der Waals surface area contributed by atoms with Crippen LogP contribution in [0.1, 0.15) is 0 Å². The van der Waals surface area contributed by atoms with Crippen molar-refractivity contribution >= 4 is 30.1 Å². The van der Waals surface area contributed by atoms with E-state index >= 15 is 0 Å². The first-order chi connectivity index (χ1) is 14.2. The summed E-state index contributed by atoms with van der Waals surface area (Å²) in [6, 6.07) is 42.8. The van der Waals surface area contributed by atoms with Crippen molar-refractivity contribution in [3.05, 3.63) is 121 Å². The van der Waals surface area contributed by atoms with E-state index < -0.39 is 7.32 Å². The summed E-state index contributed by atoms with van der Waals surface area (Å²) in [5, 5.41) is 22.8. The summed E-state index contributed by atoms with van der Waals surface area (Å²) in [4.78, 5) is 0. The van der Waals surface area contributed by atoms with Crippen LogP contribution in [0.3, 0.4) is 0 Å². The Kier molecular flexibility index (Phi) is 6.95. The molecule has 0 spiro atoms. The third-order valence-electron chi connectivity index (χ3n) is 4.57. The molecule has 144 valence electrons. The third-order valence-corrected chi connectivity index (χ3v) is 4.57. The predicted molar refractivity (Wildman–Crippen MR) is 117 cm³/mol. The lowest BCUT2D eigenvalue weighted by Gasteiger charge is -2.37. The minimum atomic E-state index is -2.42. The van der Waals surface area contributed by atoms with Gasteiger partial charge in [0.05, 0.1) is 0 Å². The molecule has 4 nitrogen and oxygen atoms in total. The van der Waals surface area contributed by atoms with Crippen molar-refractivity contribution in [2.75, 3.05) is 0 Å². The Labute approximate surface area is 171 Å². The topological polar surface area (TPSA) is 63.5 Å². The summed E-state index contributed by atoms with van der Waals surface area (Å²) in [6.45, 7) is 0. The molecular formula is C24H22BNO3. The summed E-state index contributed by atoms with van der Waals surface area (Å²) >= 11 is 0. The molecule has 4 aromatic rings. The number of rotatable bonds is 4. The first-order valence-corrected chi connectivity index (χ1v) is 9.29. The van der Waals surface area contributed by atoms with Gasteiger partial charge in [0.2, 0.25) is 0 Å². The van der Waals surface area contributed by atoms with E-state index in [-0.39, 0.29) is 0 Å². The van der Waals surface area contributed by atoms with Crippen molar-refractivity contribution in [1.29, 1.82) is 0 Å². The Hall–Kier alpha value is -3.22. The Morgan fingerprint density at radius 3 is 0.793 bits per heavy atom. The molecule has 0 unspecified atom stereocenters. The number of benzene rings is 4. The van der Waals surface area contributed by atoms with Crippen LogP contribution in [-0.4, -0.2) is 17.4 Å². The quantitative estimate of drug-likeness (QED) is 0.408. The Balaban J connectivity index is 0.000000552. The average molecular weight is 383 g/mol. The molecule has 0 aliphatic carbocycles. The summed E-state index contributed by atoms with van der Waals surface area (Å²) in [6.07, 6.45) is 0. The van der Waals surface area contributed by atoms with Gasteiger partial charge >= 0.3 is 7.32 Å². The molecule has 29 heavy (non-hydrogen) atoms. The molecule has 0 aliphatic heterocycles. The van der Waals surface area contributed by atoms with Crippen LogP contribution < -0.4 is 9.51 Å². The Bertz CT molecular complexity index is 815. The summed E-state index contributed by atoms with van der Waals surface area (Å²) < 4.78 is 0.559. The maximum Gasteiger partial charge on any atom is 0.339 e. The van der Waals surface area contributed by atoms with Gasteiger partial charge in [-0.1, -0.05) is 72.8 Å². The molecule has 0 fully saturated rings. The fraction of sp³-hybridized carbons (Fsp3) is 0. The van der Waals surface area contributed by atoms with Gasteiger partial charge in [0.1, 0.15) is 22.7 Å². The van der Waals surface area contributed by atoms with E-state index in [0.29, 0.717) is 4.48 Å². The summed E-state index contributed by atoms with van der Waals surface area (Å²) in [5.41, 5.74) is 4.86. The molecule has 0 heterocycles. The van der Waals surface area contributed by atoms with Gasteiger partial charge in [0.15, 0.2) is 0 Å². The molecule has 0 saturated heterocycles. The molecule has 0 bridgehead atoms. The lowest BCUT2D eigenvalue weighted by molar-refractivity contribution is -0.242. The van der Waals surface area contributed by atoms with Crippen molar-refractivity contribution in [1.82, 2.24) is 4.48 Å². The first kappa shape index (κ1) is 20.5. The highest BCUT2D eigenvalue weighted by molar-refractivity contribution is 6.28. The highest BCUT2D eigenvalue weighted by Crippen LogP contribution is 2.50. The monoisotopic (exact) mass is 383 g/mol. The van der Waals surface area contributed by atoms with E-state index in [1.807, 2.05) is 0 Å². The third kappa shape index (κ3) is 4.62. The SMILES string of the molecule is [O-]B(O)O.c1ccc([N+](c2ccccc2)(c2ccccc2)c2ccccc2)cc1. The second-order valence-corrected chi connectivity index (χ2v) is 6.34. The lowest BCUT2D eigenvalue weighted by atomic mass is 10.1. The average Bonchev–Trinajstić information content (AvgIpc) is 2.77. The van der Waals surface area contributed by atoms with E-state index in [4.69, 9.17) is 15.1 Å². The standard InChI is InChI=1S/C24H20N.BH2O3/c1-5-13-21(14-6-1)25(22-15-7-2-8-16-22,23-17-9-3-10-18-23)24-19-11-4-12-20-24;2-1(3)4/h1-20H;2-3H/q+1;-1. The zero-order valence-corrected chi connectivity index (χ0v) is 15.9. The van der Waals surface area contributed by atoms with E-state index in [1.165, 1.54) is 22.7 Å². The van der Waals surface area contributed by atoms with Crippen molar-refractivity contribution in [3.8, 4) is 0 Å². The maximum atomic E-state index is 8.64. The fourth-order valence-electron chi connectivity index (χ4n) is 3.50. The number of nitrogens with zero attached hydrogens (tertiary/aromatic N) is 1. The van der Waals surface area contributed by atoms with Crippen LogP contribution in [0.2, 0.25) is 0 Å². The molecule has 0 amide bonds. The summed E-state index contributed by atoms with van der Waals surface area (Å²) in [5.74, 6) is 0. The van der Waals surface area contributed by atoms with Gasteiger partial charge in [-0.15, -0.1) is 0 Å². The van der Waals surface area contributed by atoms with Crippen LogP contribution >= 0.6 is 0 Å². The molecular weight excluding hydrogens is 361 g/mol. The molecule has 4 rings (SSSR count). The van der Waals surface area contributed by atoms with E-state index in [0.717, 1.165) is 0 Å². The van der Waals surface area contributed by atoms with Crippen LogP contribution in [0.25, 0.3) is 0 Å². The van der Waals surface area contributed by atoms with Crippen molar-refractivity contribution in [2.45, 2.75) is 0 Å². The molecule has 0 aromatic heterocycles. The molecule has 0 atom stereocenters. The number of hydrogen-bond donors (Lipinski definition) is 2. The second kappa shape index (κ2) is 9.82. The first-order valence-electron chi connectivity index (χ1n) is 9.29. The maximum absolute atomic E-state index is 8.64. The molecule has 0 aliphatic rings. The van der Waals surface area contributed by atoms with Gasteiger partial charge in [-0.2, -0.15) is 4.48 Å². The molecule has 4 aromatic carbocycles. The van der Waals surface area contributed by atoms with E-state index in [9.17, 15) is 0 Å². The van der Waals surface area contributed by atoms with Crippen molar-refractivity contribution in [2.24, 2.45) is 0 Å². The minimum Gasteiger partial charge on any atom is -0.832 e. The van der Waals surface area contributed by atoms with Gasteiger partial charge in [-0.3, -0.25) is 0 Å². The fourth-order valence-corrected chi connectivity index (χ4v) is 3.50. The van der Waals surface area contributed by atoms with E-state index in [1.54, 1.807) is 0 Å². The van der Waals surface area contributed by atoms with Crippen molar-refractivity contribution in [3.63, 3.8) is 0 Å². The Morgan fingerprint density at radius 1 is 0.448 bits per heavy atom. The molecule has 0 saturated carbocycles. The van der Waals surface area contributed by atoms with Gasteiger partial charge in [-0.25, -0.2) is 0 Å². The predicted octanol–water partition coefficient (Wildman–Crippen LogP) is 4.31. The highest BCUT2D eigenvalue weighted by Gasteiger charge is 2.38. The van der Waals surface area contributed by atoms with Crippen molar-refractivity contribution < 1.29 is 15.1 Å². The number of quaternary nitrogens is 1. The van der Waals surface area contributed by atoms with E-state index in [2.05, 4.69) is 121 Å². The zero-order valence-electron chi connectivity index (χ0n) is 15.9. The normalized spacial score (nSPS) is 10.6. The lowest BCUT2D eigenvalue weighted by Crippen LogP contribution is -2.33. The number of para-hydroxylation sites is 4. The molecule has 2 N–H and O–H groups in total. The van der Waals surface area contributed by atoms with Crippen LogP contribution in [-0.2, 0) is 0 Å². The van der Waals surface area contributed by atoms with Crippen LogP contribution in [0.4, 0.5) is 22.7 Å². The minimum absolute atomic E-state index is 0.559. The molecule has 5 heteroatoms. The summed E-state index contributed by atoms with van der Waals surface area (Å²) in [7, 11) is -2.42. The van der Waals surface area contributed by atoms with Gasteiger partial charge < -0.3 is 15.1 Å². The Morgan fingerprint density at radius 2 is 0.621 bits per heavy atom. The van der Waals surface area contributed by atoms with Gasteiger partial charge in [0.25, 0.3) is 0 Å². The van der Waals surface area contributed by atoms with Crippen LogP contribution in [0.5, 0.6) is 0 Å². The zero-order chi connectivity index (χ0) is 20.5. The van der Waals surface area contributed by atoms with Crippen LogP contribution in [0.15, 0.2) is 121 Å². The smallest absolute Gasteiger partial charge is 0.339 e. The highest BCUT2D eigenvalue weighted by atomic mass is 16.5. The van der Waals surface area contributed by atoms with Gasteiger partial charge in [-0.05, 0) is 0 Å².